The quantitative estimate of drug-likeness (QED) is 0.850. The molecule has 2 aromatic rings. The summed E-state index contributed by atoms with van der Waals surface area (Å²) < 4.78 is 0. The number of nitrogens with one attached hydrogen (secondary N) is 2. The van der Waals surface area contributed by atoms with Gasteiger partial charge < -0.3 is 10.6 Å². The Kier molecular flexibility index (Phi) is 4.89. The van der Waals surface area contributed by atoms with Crippen molar-refractivity contribution in [1.29, 1.82) is 0 Å². The summed E-state index contributed by atoms with van der Waals surface area (Å²) in [5, 5.41) is 6.27. The highest BCUT2D eigenvalue weighted by Gasteiger charge is 2.53. The zero-order chi connectivity index (χ0) is 19.7. The number of carbonyl (C=O) groups is 2. The van der Waals surface area contributed by atoms with Crippen LogP contribution in [0.2, 0.25) is 0 Å². The maximum Gasteiger partial charge on any atom is 0.252 e. The molecule has 1 aromatic heterocycles. The molecule has 2 N–H and O–H groups in total. The van der Waals surface area contributed by atoms with E-state index < -0.39 is 5.54 Å². The van der Waals surface area contributed by atoms with Crippen molar-refractivity contribution in [1.82, 2.24) is 20.5 Å². The molecule has 146 valence electrons. The van der Waals surface area contributed by atoms with E-state index in [4.69, 9.17) is 0 Å². The standard InChI is InChI=1S/C22H26N4O2/c1-15(2)24-21(28)19-13-26(12-16-7-9-23-10-8-16)14-22(19)11-17-5-3-4-6-18(17)20(27)25-22/h3-10,15,19H,11-14H2,1-2H3,(H,24,28)(H,25,27)/t19-,22+/m0/s1. The fraction of sp³-hybridized carbons (Fsp3) is 0.409. The minimum atomic E-state index is -0.586. The van der Waals surface area contributed by atoms with E-state index in [0.29, 0.717) is 25.1 Å². The molecule has 0 radical (unpaired) electrons. The van der Waals surface area contributed by atoms with Gasteiger partial charge in [-0.2, -0.15) is 0 Å². The van der Waals surface area contributed by atoms with Gasteiger partial charge >= 0.3 is 0 Å². The topological polar surface area (TPSA) is 74.3 Å². The Morgan fingerprint density at radius 1 is 1.29 bits per heavy atom. The number of carbonyl (C=O) groups excluding carboxylic acids is 2. The first kappa shape index (κ1) is 18.6. The van der Waals surface area contributed by atoms with Gasteiger partial charge in [0.1, 0.15) is 0 Å². The smallest absolute Gasteiger partial charge is 0.252 e. The van der Waals surface area contributed by atoms with Crippen LogP contribution in [0.5, 0.6) is 0 Å². The Morgan fingerprint density at radius 2 is 2.04 bits per heavy atom. The summed E-state index contributed by atoms with van der Waals surface area (Å²) in [6, 6.07) is 11.7. The summed E-state index contributed by atoms with van der Waals surface area (Å²) in [6.45, 7) is 5.91. The largest absolute Gasteiger partial charge is 0.354 e. The molecule has 6 nitrogen and oxygen atoms in total. The summed E-state index contributed by atoms with van der Waals surface area (Å²) in [7, 11) is 0. The lowest BCUT2D eigenvalue weighted by atomic mass is 9.77. The average Bonchev–Trinajstić information content (AvgIpc) is 2.99. The number of hydrogen-bond donors (Lipinski definition) is 2. The van der Waals surface area contributed by atoms with E-state index in [9.17, 15) is 9.59 Å². The first-order valence-corrected chi connectivity index (χ1v) is 9.79. The van der Waals surface area contributed by atoms with Crippen molar-refractivity contribution in [2.45, 2.75) is 38.4 Å². The Bertz CT molecular complexity index is 883. The third-order valence-corrected chi connectivity index (χ3v) is 5.65. The van der Waals surface area contributed by atoms with E-state index in [1.807, 2.05) is 50.2 Å². The molecule has 0 unspecified atom stereocenters. The molecule has 1 fully saturated rings. The third kappa shape index (κ3) is 3.52. The number of likely N-dealkylation sites (tertiary alicyclic amines) is 1. The van der Waals surface area contributed by atoms with E-state index in [1.165, 1.54) is 0 Å². The lowest BCUT2D eigenvalue weighted by Crippen LogP contribution is -2.62. The SMILES string of the molecule is CC(C)NC(=O)[C@@H]1CN(Cc2ccncc2)C[C@]12Cc1ccccc1C(=O)N2. The van der Waals surface area contributed by atoms with Crippen molar-refractivity contribution < 1.29 is 9.59 Å². The van der Waals surface area contributed by atoms with Crippen molar-refractivity contribution in [3.05, 3.63) is 65.5 Å². The summed E-state index contributed by atoms with van der Waals surface area (Å²) in [5.41, 5.74) is 2.29. The summed E-state index contributed by atoms with van der Waals surface area (Å²) in [6.07, 6.45) is 4.23. The zero-order valence-corrected chi connectivity index (χ0v) is 16.3. The van der Waals surface area contributed by atoms with Gasteiger partial charge in [-0.15, -0.1) is 0 Å². The molecule has 3 heterocycles. The van der Waals surface area contributed by atoms with Gasteiger partial charge in [-0.1, -0.05) is 18.2 Å². The fourth-order valence-corrected chi connectivity index (χ4v) is 4.47. The molecule has 4 rings (SSSR count). The molecular weight excluding hydrogens is 352 g/mol. The average molecular weight is 378 g/mol. The summed E-state index contributed by atoms with van der Waals surface area (Å²) in [5.74, 6) is -0.379. The minimum absolute atomic E-state index is 0.00640. The summed E-state index contributed by atoms with van der Waals surface area (Å²) in [4.78, 5) is 32.2. The van der Waals surface area contributed by atoms with Gasteiger partial charge in [0, 0.05) is 43.6 Å². The van der Waals surface area contributed by atoms with Crippen LogP contribution in [0.4, 0.5) is 0 Å². The van der Waals surface area contributed by atoms with Crippen molar-refractivity contribution in [2.24, 2.45) is 5.92 Å². The maximum absolute atomic E-state index is 13.0. The lowest BCUT2D eigenvalue weighted by Gasteiger charge is -2.39. The molecule has 2 aliphatic heterocycles. The number of rotatable bonds is 4. The summed E-state index contributed by atoms with van der Waals surface area (Å²) >= 11 is 0. The number of fused-ring (bicyclic) bond motifs is 1. The Labute approximate surface area is 165 Å². The number of amides is 2. The maximum atomic E-state index is 13.0. The van der Waals surface area contributed by atoms with E-state index in [0.717, 1.165) is 17.7 Å². The molecule has 6 heteroatoms. The molecule has 0 aliphatic carbocycles. The molecule has 0 bridgehead atoms. The van der Waals surface area contributed by atoms with Crippen LogP contribution in [0.3, 0.4) is 0 Å². The minimum Gasteiger partial charge on any atom is -0.354 e. The highest BCUT2D eigenvalue weighted by molar-refractivity contribution is 5.98. The number of aromatic nitrogens is 1. The van der Waals surface area contributed by atoms with Crippen LogP contribution in [-0.4, -0.2) is 46.4 Å². The number of hydrogen-bond acceptors (Lipinski definition) is 4. The van der Waals surface area contributed by atoms with Crippen molar-refractivity contribution in [2.75, 3.05) is 13.1 Å². The van der Waals surface area contributed by atoms with E-state index in [2.05, 4.69) is 20.5 Å². The van der Waals surface area contributed by atoms with E-state index >= 15 is 0 Å². The van der Waals surface area contributed by atoms with E-state index in [-0.39, 0.29) is 23.8 Å². The van der Waals surface area contributed by atoms with Gasteiger partial charge in [0.2, 0.25) is 5.91 Å². The Morgan fingerprint density at radius 3 is 2.79 bits per heavy atom. The monoisotopic (exact) mass is 378 g/mol. The molecular formula is C22H26N4O2. The molecule has 28 heavy (non-hydrogen) atoms. The molecule has 2 aliphatic rings. The number of nitrogens with zero attached hydrogens (tertiary/aromatic N) is 2. The van der Waals surface area contributed by atoms with Crippen LogP contribution in [0.25, 0.3) is 0 Å². The van der Waals surface area contributed by atoms with Crippen LogP contribution in [0.15, 0.2) is 48.8 Å². The predicted molar refractivity (Wildman–Crippen MR) is 107 cm³/mol. The van der Waals surface area contributed by atoms with Gasteiger partial charge in [-0.3, -0.25) is 19.5 Å². The number of benzene rings is 1. The Hall–Kier alpha value is -2.73. The molecule has 1 saturated heterocycles. The van der Waals surface area contributed by atoms with Crippen LogP contribution >= 0.6 is 0 Å². The highest BCUT2D eigenvalue weighted by Crippen LogP contribution is 2.36. The Balaban J connectivity index is 1.64. The van der Waals surface area contributed by atoms with Crippen molar-refractivity contribution in [3.8, 4) is 0 Å². The van der Waals surface area contributed by atoms with Gasteiger partial charge in [0.05, 0.1) is 11.5 Å². The first-order chi connectivity index (χ1) is 13.5. The van der Waals surface area contributed by atoms with Gasteiger partial charge in [-0.25, -0.2) is 0 Å². The van der Waals surface area contributed by atoms with Gasteiger partial charge in [-0.05, 0) is 49.6 Å². The second-order valence-corrected chi connectivity index (χ2v) is 8.19. The second-order valence-electron chi connectivity index (χ2n) is 8.19. The highest BCUT2D eigenvalue weighted by atomic mass is 16.2. The van der Waals surface area contributed by atoms with Crippen molar-refractivity contribution >= 4 is 11.8 Å². The van der Waals surface area contributed by atoms with Crippen molar-refractivity contribution in [3.63, 3.8) is 0 Å². The second kappa shape index (κ2) is 7.36. The van der Waals surface area contributed by atoms with Gasteiger partial charge in [0.15, 0.2) is 0 Å². The molecule has 0 saturated carbocycles. The lowest BCUT2D eigenvalue weighted by molar-refractivity contribution is -0.126. The van der Waals surface area contributed by atoms with E-state index in [1.54, 1.807) is 12.4 Å². The van der Waals surface area contributed by atoms with Crippen LogP contribution in [0, 0.1) is 5.92 Å². The predicted octanol–water partition coefficient (Wildman–Crippen LogP) is 1.76. The molecule has 1 spiro atoms. The zero-order valence-electron chi connectivity index (χ0n) is 16.3. The van der Waals surface area contributed by atoms with Crippen LogP contribution < -0.4 is 10.6 Å². The van der Waals surface area contributed by atoms with Gasteiger partial charge in [0.25, 0.3) is 5.91 Å². The molecule has 2 amide bonds. The van der Waals surface area contributed by atoms with Crippen LogP contribution in [0.1, 0.15) is 35.3 Å². The third-order valence-electron chi connectivity index (χ3n) is 5.65. The first-order valence-electron chi connectivity index (χ1n) is 9.79. The normalized spacial score (nSPS) is 24.2. The molecule has 2 atom stereocenters. The molecule has 1 aromatic carbocycles. The fourth-order valence-electron chi connectivity index (χ4n) is 4.47. The van der Waals surface area contributed by atoms with Crippen LogP contribution in [-0.2, 0) is 17.8 Å². The number of pyridine rings is 1.